The zero-order valence-corrected chi connectivity index (χ0v) is 18.9. The van der Waals surface area contributed by atoms with E-state index in [2.05, 4.69) is 66.9 Å². The normalized spacial score (nSPS) is 17.6. The van der Waals surface area contributed by atoms with Gasteiger partial charge in [0.1, 0.15) is 0 Å². The molecule has 3 aromatic rings. The van der Waals surface area contributed by atoms with Crippen molar-refractivity contribution in [2.45, 2.75) is 6.92 Å². The quantitative estimate of drug-likeness (QED) is 0.625. The minimum Gasteiger partial charge on any atom is -0.368 e. The first-order valence-corrected chi connectivity index (χ1v) is 11.3. The first-order chi connectivity index (χ1) is 15.7. The maximum absolute atomic E-state index is 4.87. The van der Waals surface area contributed by atoms with E-state index in [4.69, 9.17) is 9.97 Å². The Morgan fingerprint density at radius 3 is 2.00 bits per heavy atom. The third kappa shape index (κ3) is 4.36. The highest BCUT2D eigenvalue weighted by Gasteiger charge is 2.21. The number of rotatable bonds is 4. The summed E-state index contributed by atoms with van der Waals surface area (Å²) < 4.78 is 0. The summed E-state index contributed by atoms with van der Waals surface area (Å²) in [6, 6.07) is 12.5. The molecule has 0 radical (unpaired) electrons. The third-order valence-corrected chi connectivity index (χ3v) is 6.36. The number of anilines is 3. The molecule has 0 bridgehead atoms. The summed E-state index contributed by atoms with van der Waals surface area (Å²) in [5, 5.41) is 0. The van der Waals surface area contributed by atoms with Gasteiger partial charge in [-0.2, -0.15) is 0 Å². The van der Waals surface area contributed by atoms with Gasteiger partial charge in [-0.15, -0.1) is 0 Å². The van der Waals surface area contributed by atoms with Crippen LogP contribution in [-0.4, -0.2) is 84.2 Å². The van der Waals surface area contributed by atoms with E-state index in [1.165, 1.54) is 5.69 Å². The van der Waals surface area contributed by atoms with Gasteiger partial charge < -0.3 is 19.6 Å². The summed E-state index contributed by atoms with van der Waals surface area (Å²) >= 11 is 0. The van der Waals surface area contributed by atoms with Crippen molar-refractivity contribution >= 4 is 17.6 Å². The summed E-state index contributed by atoms with van der Waals surface area (Å²) in [7, 11) is 2.15. The standard InChI is InChI=1S/C24H30N8/c1-19-21(18-26-24(27-19)31-12-10-29(2)11-13-31)22-8-9-25-23(28-22)32-16-14-30(15-17-32)20-6-4-3-5-7-20/h3-9,18H,10-17H2,1-2H3. The summed E-state index contributed by atoms with van der Waals surface area (Å²) in [5.74, 6) is 1.59. The molecular formula is C24H30N8. The maximum Gasteiger partial charge on any atom is 0.225 e. The van der Waals surface area contributed by atoms with Crippen LogP contribution in [0.4, 0.5) is 17.6 Å². The number of hydrogen-bond donors (Lipinski definition) is 0. The van der Waals surface area contributed by atoms with Crippen LogP contribution < -0.4 is 14.7 Å². The number of piperazine rings is 2. The second-order valence-electron chi connectivity index (χ2n) is 8.51. The number of nitrogens with zero attached hydrogens (tertiary/aromatic N) is 8. The largest absolute Gasteiger partial charge is 0.368 e. The van der Waals surface area contributed by atoms with Crippen LogP contribution in [0.5, 0.6) is 0 Å². The molecule has 2 fully saturated rings. The van der Waals surface area contributed by atoms with E-state index in [0.717, 1.165) is 81.2 Å². The summed E-state index contributed by atoms with van der Waals surface area (Å²) in [5.41, 5.74) is 4.07. The zero-order valence-electron chi connectivity index (χ0n) is 18.9. The molecule has 2 saturated heterocycles. The molecular weight excluding hydrogens is 400 g/mol. The minimum atomic E-state index is 0.776. The van der Waals surface area contributed by atoms with Gasteiger partial charge in [-0.25, -0.2) is 19.9 Å². The molecule has 2 aromatic heterocycles. The van der Waals surface area contributed by atoms with Crippen LogP contribution in [0, 0.1) is 6.92 Å². The van der Waals surface area contributed by atoms with Crippen LogP contribution in [0.3, 0.4) is 0 Å². The van der Waals surface area contributed by atoms with Crippen LogP contribution in [0.25, 0.3) is 11.3 Å². The molecule has 8 nitrogen and oxygen atoms in total. The van der Waals surface area contributed by atoms with E-state index < -0.39 is 0 Å². The Kier molecular flexibility index (Phi) is 5.85. The van der Waals surface area contributed by atoms with Crippen molar-refractivity contribution in [3.05, 3.63) is 54.5 Å². The lowest BCUT2D eigenvalue weighted by Crippen LogP contribution is -2.47. The number of aryl methyl sites for hydroxylation is 1. The molecule has 8 heteroatoms. The van der Waals surface area contributed by atoms with Crippen molar-refractivity contribution in [1.29, 1.82) is 0 Å². The Morgan fingerprint density at radius 2 is 1.31 bits per heavy atom. The van der Waals surface area contributed by atoms with Crippen LogP contribution in [-0.2, 0) is 0 Å². The van der Waals surface area contributed by atoms with Crippen molar-refractivity contribution in [1.82, 2.24) is 24.8 Å². The highest BCUT2D eigenvalue weighted by molar-refractivity contribution is 5.63. The molecule has 5 rings (SSSR count). The third-order valence-electron chi connectivity index (χ3n) is 6.36. The Labute approximate surface area is 189 Å². The molecule has 32 heavy (non-hydrogen) atoms. The minimum absolute atomic E-state index is 0.776. The highest BCUT2D eigenvalue weighted by Crippen LogP contribution is 2.24. The number of hydrogen-bond acceptors (Lipinski definition) is 8. The van der Waals surface area contributed by atoms with Crippen molar-refractivity contribution in [2.24, 2.45) is 0 Å². The molecule has 0 atom stereocenters. The topological polar surface area (TPSA) is 64.5 Å². The lowest BCUT2D eigenvalue weighted by Gasteiger charge is -2.36. The van der Waals surface area contributed by atoms with Gasteiger partial charge in [0.15, 0.2) is 0 Å². The summed E-state index contributed by atoms with van der Waals surface area (Å²) in [4.78, 5) is 28.2. The second-order valence-corrected chi connectivity index (χ2v) is 8.51. The molecule has 1 aromatic carbocycles. The lowest BCUT2D eigenvalue weighted by atomic mass is 10.2. The van der Waals surface area contributed by atoms with Gasteiger partial charge in [0.05, 0.1) is 11.4 Å². The molecule has 2 aliphatic heterocycles. The summed E-state index contributed by atoms with van der Waals surface area (Å²) in [6.07, 6.45) is 3.75. The van der Waals surface area contributed by atoms with Gasteiger partial charge in [0, 0.05) is 76.0 Å². The van der Waals surface area contributed by atoms with Crippen LogP contribution >= 0.6 is 0 Å². The van der Waals surface area contributed by atoms with Crippen molar-refractivity contribution in [3.8, 4) is 11.3 Å². The SMILES string of the molecule is Cc1nc(N2CCN(C)CC2)ncc1-c1ccnc(N2CCN(c3ccccc3)CC2)n1. The predicted octanol–water partition coefficient (Wildman–Crippen LogP) is 2.32. The molecule has 4 heterocycles. The van der Waals surface area contributed by atoms with Gasteiger partial charge in [-0.05, 0) is 32.2 Å². The molecule has 0 spiro atoms. The first-order valence-electron chi connectivity index (χ1n) is 11.3. The average molecular weight is 431 g/mol. The Morgan fingerprint density at radius 1 is 0.688 bits per heavy atom. The molecule has 0 amide bonds. The molecule has 0 N–H and O–H groups in total. The highest BCUT2D eigenvalue weighted by atomic mass is 15.3. The van der Waals surface area contributed by atoms with Gasteiger partial charge in [0.2, 0.25) is 11.9 Å². The van der Waals surface area contributed by atoms with Crippen LogP contribution in [0.1, 0.15) is 5.69 Å². The molecule has 166 valence electrons. The van der Waals surface area contributed by atoms with Gasteiger partial charge >= 0.3 is 0 Å². The Balaban J connectivity index is 1.29. The number of aromatic nitrogens is 4. The van der Waals surface area contributed by atoms with E-state index >= 15 is 0 Å². The van der Waals surface area contributed by atoms with Gasteiger partial charge in [-0.1, -0.05) is 18.2 Å². The molecule has 2 aliphatic rings. The molecule has 0 unspecified atom stereocenters. The smallest absolute Gasteiger partial charge is 0.225 e. The number of para-hydroxylation sites is 1. The van der Waals surface area contributed by atoms with E-state index in [1.54, 1.807) is 0 Å². The fourth-order valence-corrected chi connectivity index (χ4v) is 4.32. The van der Waals surface area contributed by atoms with E-state index in [9.17, 15) is 0 Å². The van der Waals surface area contributed by atoms with Crippen LogP contribution in [0.15, 0.2) is 48.8 Å². The van der Waals surface area contributed by atoms with Gasteiger partial charge in [-0.3, -0.25) is 0 Å². The number of benzene rings is 1. The van der Waals surface area contributed by atoms with E-state index in [1.807, 2.05) is 25.4 Å². The second kappa shape index (κ2) is 9.08. The Bertz CT molecular complexity index is 1040. The van der Waals surface area contributed by atoms with Crippen LogP contribution in [0.2, 0.25) is 0 Å². The van der Waals surface area contributed by atoms with E-state index in [-0.39, 0.29) is 0 Å². The fourth-order valence-electron chi connectivity index (χ4n) is 4.32. The lowest BCUT2D eigenvalue weighted by molar-refractivity contribution is 0.311. The molecule has 0 saturated carbocycles. The first kappa shape index (κ1) is 20.6. The fraction of sp³-hybridized carbons (Fsp3) is 0.417. The maximum atomic E-state index is 4.87. The van der Waals surface area contributed by atoms with E-state index in [0.29, 0.717) is 0 Å². The monoisotopic (exact) mass is 430 g/mol. The zero-order chi connectivity index (χ0) is 21.9. The predicted molar refractivity (Wildman–Crippen MR) is 128 cm³/mol. The van der Waals surface area contributed by atoms with Gasteiger partial charge in [0.25, 0.3) is 0 Å². The van der Waals surface area contributed by atoms with Crippen molar-refractivity contribution < 1.29 is 0 Å². The van der Waals surface area contributed by atoms with Crippen molar-refractivity contribution in [3.63, 3.8) is 0 Å². The average Bonchev–Trinajstić information content (AvgIpc) is 2.85. The summed E-state index contributed by atoms with van der Waals surface area (Å²) in [6.45, 7) is 9.75. The van der Waals surface area contributed by atoms with Crippen molar-refractivity contribution in [2.75, 3.05) is 74.1 Å². The Hall–Kier alpha value is -3.26. The molecule has 0 aliphatic carbocycles. The number of likely N-dealkylation sites (N-methyl/N-ethyl adjacent to an activating group) is 1.